The van der Waals surface area contributed by atoms with Crippen LogP contribution in [0.2, 0.25) is 0 Å². The Morgan fingerprint density at radius 1 is 1.33 bits per heavy atom. The maximum atomic E-state index is 12.0. The summed E-state index contributed by atoms with van der Waals surface area (Å²) >= 11 is 0. The fourth-order valence-electron chi connectivity index (χ4n) is 3.62. The molecule has 1 aromatic heterocycles. The summed E-state index contributed by atoms with van der Waals surface area (Å²) in [6.45, 7) is 2.28. The van der Waals surface area contributed by atoms with Gasteiger partial charge in [0.2, 0.25) is 15.9 Å². The Hall–Kier alpha value is -2.29. The van der Waals surface area contributed by atoms with Gasteiger partial charge in [-0.2, -0.15) is 0 Å². The third kappa shape index (κ3) is 3.24. The zero-order valence-electron chi connectivity index (χ0n) is 15.2. The molecule has 27 heavy (non-hydrogen) atoms. The van der Waals surface area contributed by atoms with E-state index in [1.54, 1.807) is 31.3 Å². The SMILES string of the molecule is CCS(=O)(=O)NC1COCc2c(-c3ccc4c(c3)CC(=O)N4C)cncc21. The summed E-state index contributed by atoms with van der Waals surface area (Å²) in [5.41, 5.74) is 5.52. The number of carbonyl (C=O) groups excluding carboxylic acids is 1. The van der Waals surface area contributed by atoms with Gasteiger partial charge in [0.1, 0.15) is 0 Å². The molecule has 1 N–H and O–H groups in total. The van der Waals surface area contributed by atoms with E-state index in [2.05, 4.69) is 9.71 Å². The smallest absolute Gasteiger partial charge is 0.231 e. The maximum Gasteiger partial charge on any atom is 0.231 e. The molecule has 0 fully saturated rings. The number of fused-ring (bicyclic) bond motifs is 2. The lowest BCUT2D eigenvalue weighted by atomic mass is 9.93. The number of hydrogen-bond acceptors (Lipinski definition) is 5. The Morgan fingerprint density at radius 2 is 2.15 bits per heavy atom. The van der Waals surface area contributed by atoms with Gasteiger partial charge in [-0.3, -0.25) is 9.78 Å². The number of rotatable bonds is 4. The van der Waals surface area contributed by atoms with Gasteiger partial charge in [0.15, 0.2) is 0 Å². The van der Waals surface area contributed by atoms with Gasteiger partial charge in [0.05, 0.1) is 31.4 Å². The predicted octanol–water partition coefficient (Wildman–Crippen LogP) is 1.78. The van der Waals surface area contributed by atoms with E-state index in [1.807, 2.05) is 18.2 Å². The molecular weight excluding hydrogens is 366 g/mol. The van der Waals surface area contributed by atoms with Gasteiger partial charge in [-0.1, -0.05) is 6.07 Å². The van der Waals surface area contributed by atoms with Crippen LogP contribution in [0.25, 0.3) is 11.1 Å². The topological polar surface area (TPSA) is 88.6 Å². The van der Waals surface area contributed by atoms with E-state index in [9.17, 15) is 13.2 Å². The molecule has 1 aromatic carbocycles. The highest BCUT2D eigenvalue weighted by atomic mass is 32.2. The molecule has 8 heteroatoms. The Balaban J connectivity index is 1.74. The molecule has 2 aliphatic rings. The zero-order chi connectivity index (χ0) is 19.2. The van der Waals surface area contributed by atoms with Crippen molar-refractivity contribution >= 4 is 21.6 Å². The average Bonchev–Trinajstić information content (AvgIpc) is 2.95. The summed E-state index contributed by atoms with van der Waals surface area (Å²) in [4.78, 5) is 17.9. The second-order valence-corrected chi connectivity index (χ2v) is 8.86. The minimum absolute atomic E-state index is 0.0122. The Bertz CT molecular complexity index is 1020. The third-order valence-electron chi connectivity index (χ3n) is 5.17. The highest BCUT2D eigenvalue weighted by molar-refractivity contribution is 7.89. The van der Waals surface area contributed by atoms with Crippen molar-refractivity contribution < 1.29 is 17.9 Å². The molecule has 4 rings (SSSR count). The summed E-state index contributed by atoms with van der Waals surface area (Å²) in [6.07, 6.45) is 3.85. The summed E-state index contributed by atoms with van der Waals surface area (Å²) in [7, 11) is -1.58. The van der Waals surface area contributed by atoms with Crippen LogP contribution in [0.5, 0.6) is 0 Å². The lowest BCUT2D eigenvalue weighted by Gasteiger charge is -2.27. The summed E-state index contributed by atoms with van der Waals surface area (Å²) in [5, 5.41) is 0. The number of benzene rings is 1. The normalized spacial score (nSPS) is 19.1. The van der Waals surface area contributed by atoms with Crippen molar-refractivity contribution in [2.75, 3.05) is 24.3 Å². The van der Waals surface area contributed by atoms with Gasteiger partial charge in [-0.25, -0.2) is 13.1 Å². The van der Waals surface area contributed by atoms with E-state index < -0.39 is 16.1 Å². The van der Waals surface area contributed by atoms with Crippen molar-refractivity contribution in [2.45, 2.75) is 26.0 Å². The van der Waals surface area contributed by atoms with E-state index in [1.165, 1.54) is 0 Å². The van der Waals surface area contributed by atoms with E-state index in [0.717, 1.165) is 33.5 Å². The Kier molecular flexibility index (Phi) is 4.49. The average molecular weight is 387 g/mol. The lowest BCUT2D eigenvalue weighted by molar-refractivity contribution is -0.117. The molecule has 0 saturated carbocycles. The van der Waals surface area contributed by atoms with Crippen molar-refractivity contribution in [2.24, 2.45) is 0 Å². The number of pyridine rings is 1. The summed E-state index contributed by atoms with van der Waals surface area (Å²) in [5.74, 6) is 0.0888. The van der Waals surface area contributed by atoms with Crippen LogP contribution < -0.4 is 9.62 Å². The van der Waals surface area contributed by atoms with Gasteiger partial charge in [-0.15, -0.1) is 0 Å². The molecule has 7 nitrogen and oxygen atoms in total. The standard InChI is InChI=1S/C19H21N3O4S/c1-3-27(24,25)21-17-11-26-10-16-14(8-20-9-15(16)17)12-4-5-18-13(6-12)7-19(23)22(18)2/h4-6,8-9,17,21H,3,7,10-11H2,1-2H3. The van der Waals surface area contributed by atoms with Gasteiger partial charge in [-0.05, 0) is 41.3 Å². The number of anilines is 1. The number of likely N-dealkylation sites (N-methyl/N-ethyl adjacent to an activating group) is 1. The first kappa shape index (κ1) is 18.1. The van der Waals surface area contributed by atoms with E-state index in [0.29, 0.717) is 13.0 Å². The van der Waals surface area contributed by atoms with Crippen molar-refractivity contribution in [1.82, 2.24) is 9.71 Å². The molecule has 1 atom stereocenters. The van der Waals surface area contributed by atoms with Crippen LogP contribution in [-0.2, 0) is 32.6 Å². The number of carbonyl (C=O) groups is 1. The number of nitrogens with zero attached hydrogens (tertiary/aromatic N) is 2. The number of amides is 1. The van der Waals surface area contributed by atoms with Crippen LogP contribution in [0.15, 0.2) is 30.6 Å². The molecule has 0 aliphatic carbocycles. The van der Waals surface area contributed by atoms with E-state index in [4.69, 9.17) is 4.74 Å². The minimum Gasteiger partial charge on any atom is -0.375 e. The summed E-state index contributed by atoms with van der Waals surface area (Å²) < 4.78 is 32.4. The number of aromatic nitrogens is 1. The first-order chi connectivity index (χ1) is 12.9. The molecule has 0 spiro atoms. The van der Waals surface area contributed by atoms with Crippen molar-refractivity contribution in [3.63, 3.8) is 0 Å². The number of sulfonamides is 1. The largest absolute Gasteiger partial charge is 0.375 e. The highest BCUT2D eigenvalue weighted by Crippen LogP contribution is 2.36. The number of hydrogen-bond donors (Lipinski definition) is 1. The molecule has 142 valence electrons. The number of ether oxygens (including phenoxy) is 1. The Labute approximate surface area is 158 Å². The fraction of sp³-hybridized carbons (Fsp3) is 0.368. The Morgan fingerprint density at radius 3 is 2.93 bits per heavy atom. The molecule has 3 heterocycles. The monoisotopic (exact) mass is 387 g/mol. The van der Waals surface area contributed by atoms with Crippen LogP contribution in [0.3, 0.4) is 0 Å². The fourth-order valence-corrected chi connectivity index (χ4v) is 4.41. The quantitative estimate of drug-likeness (QED) is 0.864. The van der Waals surface area contributed by atoms with Crippen molar-refractivity contribution in [3.8, 4) is 11.1 Å². The van der Waals surface area contributed by atoms with E-state index >= 15 is 0 Å². The first-order valence-electron chi connectivity index (χ1n) is 8.84. The second-order valence-electron chi connectivity index (χ2n) is 6.82. The summed E-state index contributed by atoms with van der Waals surface area (Å²) in [6, 6.07) is 5.46. The molecule has 1 amide bonds. The van der Waals surface area contributed by atoms with Crippen LogP contribution in [0.1, 0.15) is 29.7 Å². The first-order valence-corrected chi connectivity index (χ1v) is 10.5. The molecule has 0 saturated heterocycles. The van der Waals surface area contributed by atoms with Crippen LogP contribution >= 0.6 is 0 Å². The zero-order valence-corrected chi connectivity index (χ0v) is 16.0. The van der Waals surface area contributed by atoms with Crippen molar-refractivity contribution in [3.05, 3.63) is 47.3 Å². The van der Waals surface area contributed by atoms with Gasteiger partial charge < -0.3 is 9.64 Å². The molecular formula is C19H21N3O4S. The highest BCUT2D eigenvalue weighted by Gasteiger charge is 2.28. The molecule has 0 radical (unpaired) electrons. The van der Waals surface area contributed by atoms with Crippen LogP contribution in [0, 0.1) is 0 Å². The molecule has 0 bridgehead atoms. The molecule has 1 unspecified atom stereocenters. The van der Waals surface area contributed by atoms with Gasteiger partial charge >= 0.3 is 0 Å². The number of nitrogens with one attached hydrogen (secondary N) is 1. The lowest BCUT2D eigenvalue weighted by Crippen LogP contribution is -2.35. The minimum atomic E-state index is -3.36. The maximum absolute atomic E-state index is 12.0. The predicted molar refractivity (Wildman–Crippen MR) is 102 cm³/mol. The van der Waals surface area contributed by atoms with E-state index in [-0.39, 0.29) is 18.3 Å². The van der Waals surface area contributed by atoms with Gasteiger partial charge in [0.25, 0.3) is 0 Å². The third-order valence-corrected chi connectivity index (χ3v) is 6.57. The van der Waals surface area contributed by atoms with Gasteiger partial charge in [0, 0.05) is 30.7 Å². The van der Waals surface area contributed by atoms with Crippen LogP contribution in [-0.4, -0.2) is 38.7 Å². The van der Waals surface area contributed by atoms with Crippen LogP contribution in [0.4, 0.5) is 5.69 Å². The molecule has 2 aliphatic heterocycles. The van der Waals surface area contributed by atoms with Crippen molar-refractivity contribution in [1.29, 1.82) is 0 Å². The second kappa shape index (κ2) is 6.70. The molecule has 2 aromatic rings.